The van der Waals surface area contributed by atoms with Crippen molar-refractivity contribution in [2.75, 3.05) is 48.4 Å². The molecule has 2 aliphatic rings. The van der Waals surface area contributed by atoms with Crippen molar-refractivity contribution in [1.29, 1.82) is 0 Å². The van der Waals surface area contributed by atoms with Crippen molar-refractivity contribution in [2.45, 2.75) is 31.2 Å². The fourth-order valence-corrected chi connectivity index (χ4v) is 5.18. The first-order valence-corrected chi connectivity index (χ1v) is 12.2. The highest BCUT2D eigenvalue weighted by molar-refractivity contribution is 7.15. The third kappa shape index (κ3) is 5.22. The maximum absolute atomic E-state index is 14.3. The molecule has 2 aromatic heterocycles. The highest BCUT2D eigenvalue weighted by atomic mass is 32.1. The number of ether oxygens (including phenoxy) is 1. The Labute approximate surface area is 205 Å². The monoisotopic (exact) mass is 501 g/mol. The third-order valence-electron chi connectivity index (χ3n) is 6.17. The fraction of sp³-hybridized carbons (Fsp3) is 0.435. The standard InChI is InChI=1S/C23H25F2N7O2S/c1-34-22(14-4-5-17(25)18(9-14)32-11-15(24)12-32)19(33)10-21-29-30-23(35-21)27-16-6-8-31(13-16)20-3-2-7-26-28-20/h2-5,7,9,15-16,22H,6,8,10-13H2,1H3,(H,27,30)/t16-,22+/m1/s1. The molecule has 0 amide bonds. The Bertz CT molecular complexity index is 1180. The number of alkyl halides is 1. The predicted molar refractivity (Wildman–Crippen MR) is 128 cm³/mol. The van der Waals surface area contributed by atoms with Gasteiger partial charge in [0.2, 0.25) is 5.13 Å². The fourth-order valence-electron chi connectivity index (χ4n) is 4.36. The molecule has 2 aliphatic heterocycles. The summed E-state index contributed by atoms with van der Waals surface area (Å²) in [7, 11) is 1.43. The molecule has 12 heteroatoms. The third-order valence-corrected chi connectivity index (χ3v) is 7.02. The Kier molecular flexibility index (Phi) is 6.82. The van der Waals surface area contributed by atoms with Gasteiger partial charge in [0, 0.05) is 32.4 Å². The minimum Gasteiger partial charge on any atom is -0.369 e. The van der Waals surface area contributed by atoms with Crippen molar-refractivity contribution in [3.8, 4) is 0 Å². The number of carbonyl (C=O) groups is 1. The second-order valence-electron chi connectivity index (χ2n) is 8.63. The van der Waals surface area contributed by atoms with Crippen LogP contribution in [0.1, 0.15) is 23.1 Å². The van der Waals surface area contributed by atoms with E-state index in [0.29, 0.717) is 15.7 Å². The van der Waals surface area contributed by atoms with Crippen LogP contribution in [0.2, 0.25) is 0 Å². The van der Waals surface area contributed by atoms with E-state index in [1.54, 1.807) is 17.2 Å². The van der Waals surface area contributed by atoms with Gasteiger partial charge in [-0.3, -0.25) is 4.79 Å². The molecule has 0 radical (unpaired) electrons. The van der Waals surface area contributed by atoms with Crippen molar-refractivity contribution in [1.82, 2.24) is 20.4 Å². The lowest BCUT2D eigenvalue weighted by Crippen LogP contribution is -2.48. The van der Waals surface area contributed by atoms with Gasteiger partial charge in [-0.25, -0.2) is 8.78 Å². The minimum atomic E-state index is -0.961. The van der Waals surface area contributed by atoms with Gasteiger partial charge in [0.05, 0.1) is 25.2 Å². The van der Waals surface area contributed by atoms with Crippen LogP contribution < -0.4 is 15.1 Å². The van der Waals surface area contributed by atoms with Gasteiger partial charge in [-0.1, -0.05) is 17.4 Å². The Morgan fingerprint density at radius 1 is 1.23 bits per heavy atom. The summed E-state index contributed by atoms with van der Waals surface area (Å²) in [6.45, 7) is 1.92. The Hall–Kier alpha value is -3.25. The zero-order valence-corrected chi connectivity index (χ0v) is 19.9. The number of halogens is 2. The SMILES string of the molecule is CO[C@H](C(=O)Cc1nnc(N[C@@H]2CCN(c3cccnn3)C2)s1)c1ccc(F)c(N2CC(F)C2)c1. The van der Waals surface area contributed by atoms with Gasteiger partial charge >= 0.3 is 0 Å². The van der Waals surface area contributed by atoms with Gasteiger partial charge in [0.1, 0.15) is 23.1 Å². The molecule has 2 atom stereocenters. The van der Waals surface area contributed by atoms with Gasteiger partial charge in [0.25, 0.3) is 0 Å². The summed E-state index contributed by atoms with van der Waals surface area (Å²) in [6.07, 6.45) is 0.764. The molecule has 3 aromatic rings. The summed E-state index contributed by atoms with van der Waals surface area (Å²) < 4.78 is 32.9. The molecule has 184 valence electrons. The number of carbonyl (C=O) groups excluding carboxylic acids is 1. The normalized spacial score (nSPS) is 19.0. The predicted octanol–water partition coefficient (Wildman–Crippen LogP) is 2.82. The van der Waals surface area contributed by atoms with Gasteiger partial charge in [0.15, 0.2) is 11.6 Å². The first-order chi connectivity index (χ1) is 17.0. The summed E-state index contributed by atoms with van der Waals surface area (Å²) in [5.74, 6) is 0.176. The number of hydrogen-bond donors (Lipinski definition) is 1. The van der Waals surface area contributed by atoms with Gasteiger partial charge in [-0.2, -0.15) is 5.10 Å². The molecule has 0 spiro atoms. The maximum atomic E-state index is 14.3. The number of hydrogen-bond acceptors (Lipinski definition) is 10. The van der Waals surface area contributed by atoms with E-state index in [-0.39, 0.29) is 37.0 Å². The van der Waals surface area contributed by atoms with Crippen LogP contribution >= 0.6 is 11.3 Å². The number of anilines is 3. The Morgan fingerprint density at radius 3 is 2.83 bits per heavy atom. The van der Waals surface area contributed by atoms with Crippen LogP contribution in [-0.2, 0) is 16.0 Å². The van der Waals surface area contributed by atoms with E-state index in [1.807, 2.05) is 12.1 Å². The van der Waals surface area contributed by atoms with Gasteiger partial charge in [-0.05, 0) is 36.2 Å². The summed E-state index contributed by atoms with van der Waals surface area (Å²) in [4.78, 5) is 16.8. The summed E-state index contributed by atoms with van der Waals surface area (Å²) in [5.41, 5.74) is 0.801. The molecular weight excluding hydrogens is 476 g/mol. The molecule has 4 heterocycles. The average Bonchev–Trinajstić information content (AvgIpc) is 3.49. The smallest absolute Gasteiger partial charge is 0.205 e. The molecule has 0 unspecified atom stereocenters. The van der Waals surface area contributed by atoms with Crippen LogP contribution in [0.3, 0.4) is 0 Å². The lowest BCUT2D eigenvalue weighted by atomic mass is 10.0. The van der Waals surface area contributed by atoms with E-state index in [2.05, 4.69) is 30.6 Å². The molecule has 5 rings (SSSR count). The van der Waals surface area contributed by atoms with Crippen LogP contribution in [0, 0.1) is 5.82 Å². The number of methoxy groups -OCH3 is 1. The summed E-state index contributed by atoms with van der Waals surface area (Å²) >= 11 is 1.33. The molecule has 9 nitrogen and oxygen atoms in total. The van der Waals surface area contributed by atoms with Crippen LogP contribution in [-0.4, -0.2) is 71.7 Å². The quantitative estimate of drug-likeness (QED) is 0.475. The average molecular weight is 502 g/mol. The zero-order chi connectivity index (χ0) is 24.4. The second-order valence-corrected chi connectivity index (χ2v) is 9.69. The summed E-state index contributed by atoms with van der Waals surface area (Å²) in [5, 5.41) is 21.0. The Balaban J connectivity index is 1.20. The van der Waals surface area contributed by atoms with Crippen LogP contribution in [0.25, 0.3) is 0 Å². The molecule has 0 aliphatic carbocycles. The molecule has 1 N–H and O–H groups in total. The highest BCUT2D eigenvalue weighted by Gasteiger charge is 2.30. The first kappa shape index (κ1) is 23.5. The van der Waals surface area contributed by atoms with E-state index in [4.69, 9.17) is 4.74 Å². The van der Waals surface area contributed by atoms with E-state index in [1.165, 1.54) is 30.6 Å². The first-order valence-electron chi connectivity index (χ1n) is 11.4. The molecule has 0 saturated carbocycles. The van der Waals surface area contributed by atoms with Crippen molar-refractivity contribution in [3.63, 3.8) is 0 Å². The number of nitrogens with zero attached hydrogens (tertiary/aromatic N) is 6. The molecule has 2 fully saturated rings. The molecular formula is C23H25F2N7O2S. The molecule has 1 aromatic carbocycles. The number of ketones is 1. The zero-order valence-electron chi connectivity index (χ0n) is 19.1. The molecule has 35 heavy (non-hydrogen) atoms. The van der Waals surface area contributed by atoms with Gasteiger partial charge < -0.3 is 19.9 Å². The number of benzene rings is 1. The van der Waals surface area contributed by atoms with Crippen LogP contribution in [0.5, 0.6) is 0 Å². The lowest BCUT2D eigenvalue weighted by molar-refractivity contribution is -0.128. The van der Waals surface area contributed by atoms with Crippen LogP contribution in [0.15, 0.2) is 36.5 Å². The van der Waals surface area contributed by atoms with Crippen molar-refractivity contribution < 1.29 is 18.3 Å². The molecule has 2 saturated heterocycles. The van der Waals surface area contributed by atoms with E-state index in [0.717, 1.165) is 25.3 Å². The lowest BCUT2D eigenvalue weighted by Gasteiger charge is -2.36. The van der Waals surface area contributed by atoms with E-state index in [9.17, 15) is 13.6 Å². The number of aromatic nitrogens is 4. The van der Waals surface area contributed by atoms with Crippen molar-refractivity contribution >= 4 is 33.8 Å². The van der Waals surface area contributed by atoms with Gasteiger partial charge in [-0.15, -0.1) is 15.3 Å². The van der Waals surface area contributed by atoms with Crippen LogP contribution in [0.4, 0.5) is 25.4 Å². The minimum absolute atomic E-state index is 0.0389. The topological polar surface area (TPSA) is 96.4 Å². The van der Waals surface area contributed by atoms with E-state index < -0.39 is 18.1 Å². The molecule has 0 bridgehead atoms. The van der Waals surface area contributed by atoms with Crippen molar-refractivity contribution in [3.05, 3.63) is 52.9 Å². The Morgan fingerprint density at radius 2 is 2.09 bits per heavy atom. The number of Topliss-reactive ketones (excluding diaryl/α,β-unsaturated/α-hetero) is 1. The highest BCUT2D eigenvalue weighted by Crippen LogP contribution is 2.31. The van der Waals surface area contributed by atoms with E-state index >= 15 is 0 Å². The second kappa shape index (κ2) is 10.2. The number of nitrogens with one attached hydrogen (secondary N) is 1. The van der Waals surface area contributed by atoms with Crippen molar-refractivity contribution in [2.24, 2.45) is 0 Å². The summed E-state index contributed by atoms with van der Waals surface area (Å²) in [6, 6.07) is 8.34. The largest absolute Gasteiger partial charge is 0.369 e. The number of rotatable bonds is 9. The maximum Gasteiger partial charge on any atom is 0.205 e.